The predicted octanol–water partition coefficient (Wildman–Crippen LogP) is 1.26. The van der Waals surface area contributed by atoms with Gasteiger partial charge in [0, 0.05) is 18.2 Å². The van der Waals surface area contributed by atoms with Gasteiger partial charge < -0.3 is 10.8 Å². The Balaban J connectivity index is 2.21. The van der Waals surface area contributed by atoms with E-state index >= 15 is 0 Å². The van der Waals surface area contributed by atoms with Gasteiger partial charge in [-0.25, -0.2) is 17.5 Å². The van der Waals surface area contributed by atoms with Crippen LogP contribution in [-0.4, -0.2) is 25.7 Å². The fraction of sp³-hybridized carbons (Fsp3) is 0.571. The van der Waals surface area contributed by atoms with Gasteiger partial charge in [-0.2, -0.15) is 0 Å². The molecule has 118 valence electrons. The molecule has 1 fully saturated rings. The Labute approximate surface area is 124 Å². The Morgan fingerprint density at radius 1 is 1.29 bits per heavy atom. The van der Waals surface area contributed by atoms with E-state index in [1.807, 2.05) is 0 Å². The van der Waals surface area contributed by atoms with Gasteiger partial charge in [-0.15, -0.1) is 0 Å². The minimum Gasteiger partial charge on any atom is -0.391 e. The Morgan fingerprint density at radius 2 is 2.00 bits per heavy atom. The summed E-state index contributed by atoms with van der Waals surface area (Å²) >= 11 is 0. The van der Waals surface area contributed by atoms with Crippen LogP contribution in [0.15, 0.2) is 23.1 Å². The van der Waals surface area contributed by atoms with Crippen LogP contribution in [-0.2, 0) is 16.6 Å². The van der Waals surface area contributed by atoms with E-state index in [4.69, 9.17) is 5.73 Å². The van der Waals surface area contributed by atoms with Crippen LogP contribution in [0.2, 0.25) is 0 Å². The van der Waals surface area contributed by atoms with Crippen LogP contribution >= 0.6 is 0 Å². The molecule has 0 saturated heterocycles. The number of aliphatic hydroxyl groups is 1. The number of aliphatic hydroxyl groups excluding tert-OH is 1. The lowest BCUT2D eigenvalue weighted by molar-refractivity contribution is 0.130. The molecule has 1 aliphatic carbocycles. The summed E-state index contributed by atoms with van der Waals surface area (Å²) in [5.41, 5.74) is 5.55. The minimum atomic E-state index is -3.79. The van der Waals surface area contributed by atoms with Crippen LogP contribution in [0.1, 0.15) is 37.7 Å². The molecule has 4 N–H and O–H groups in total. The van der Waals surface area contributed by atoms with Crippen molar-refractivity contribution in [2.24, 2.45) is 5.73 Å². The van der Waals surface area contributed by atoms with Crippen molar-refractivity contribution in [2.45, 2.75) is 55.7 Å². The zero-order valence-corrected chi connectivity index (χ0v) is 12.6. The molecule has 2 unspecified atom stereocenters. The first-order valence-electron chi connectivity index (χ1n) is 7.13. The van der Waals surface area contributed by atoms with Gasteiger partial charge in [-0.3, -0.25) is 0 Å². The van der Waals surface area contributed by atoms with Crippen LogP contribution < -0.4 is 10.5 Å². The number of benzene rings is 1. The summed E-state index contributed by atoms with van der Waals surface area (Å²) in [5, 5.41) is 10.00. The summed E-state index contributed by atoms with van der Waals surface area (Å²) in [6, 6.07) is 3.05. The van der Waals surface area contributed by atoms with Gasteiger partial charge in [-0.05, 0) is 31.0 Å². The van der Waals surface area contributed by atoms with Crippen LogP contribution in [0.25, 0.3) is 0 Å². The number of hydrogen-bond donors (Lipinski definition) is 3. The van der Waals surface area contributed by atoms with Crippen molar-refractivity contribution < 1.29 is 17.9 Å². The quantitative estimate of drug-likeness (QED) is 0.729. The third kappa shape index (κ3) is 4.00. The molecule has 5 nitrogen and oxygen atoms in total. The van der Waals surface area contributed by atoms with E-state index in [1.54, 1.807) is 0 Å². The van der Waals surface area contributed by atoms with E-state index in [9.17, 15) is 17.9 Å². The summed E-state index contributed by atoms with van der Waals surface area (Å²) in [5.74, 6) is -0.522. The third-order valence-corrected chi connectivity index (χ3v) is 5.32. The normalized spacial score (nSPS) is 23.8. The van der Waals surface area contributed by atoms with E-state index in [1.165, 1.54) is 12.1 Å². The Kier molecular flexibility index (Phi) is 5.32. The summed E-state index contributed by atoms with van der Waals surface area (Å²) < 4.78 is 40.6. The highest BCUT2D eigenvalue weighted by atomic mass is 32.2. The maximum Gasteiger partial charge on any atom is 0.240 e. The Morgan fingerprint density at radius 3 is 2.71 bits per heavy atom. The fourth-order valence-corrected chi connectivity index (χ4v) is 3.92. The van der Waals surface area contributed by atoms with Gasteiger partial charge in [0.05, 0.1) is 11.0 Å². The average molecular weight is 316 g/mol. The lowest BCUT2D eigenvalue weighted by Gasteiger charge is -2.21. The number of sulfonamides is 1. The molecule has 1 saturated carbocycles. The van der Waals surface area contributed by atoms with Gasteiger partial charge >= 0.3 is 0 Å². The molecule has 2 atom stereocenters. The van der Waals surface area contributed by atoms with E-state index in [2.05, 4.69) is 4.72 Å². The first kappa shape index (κ1) is 16.4. The first-order valence-corrected chi connectivity index (χ1v) is 8.61. The highest BCUT2D eigenvalue weighted by Gasteiger charge is 2.27. The molecule has 1 aliphatic rings. The molecule has 0 spiro atoms. The number of rotatable bonds is 4. The molecule has 0 heterocycles. The molecule has 1 aromatic rings. The van der Waals surface area contributed by atoms with Gasteiger partial charge in [0.2, 0.25) is 10.0 Å². The highest BCUT2D eigenvalue weighted by Crippen LogP contribution is 2.21. The monoisotopic (exact) mass is 316 g/mol. The standard InChI is InChI=1S/C14H21FN2O3S/c15-12-7-6-11(8-10(12)9-16)21(19,20)17-13-4-2-1-3-5-14(13)18/h6-8,13-14,17-18H,1-5,9,16H2. The highest BCUT2D eigenvalue weighted by molar-refractivity contribution is 7.89. The maximum atomic E-state index is 13.4. The molecular formula is C14H21FN2O3S. The van der Waals surface area contributed by atoms with E-state index in [0.29, 0.717) is 12.8 Å². The third-order valence-electron chi connectivity index (χ3n) is 3.83. The molecule has 21 heavy (non-hydrogen) atoms. The summed E-state index contributed by atoms with van der Waals surface area (Å²) in [6.07, 6.45) is 3.27. The van der Waals surface area contributed by atoms with Crippen LogP contribution in [0.3, 0.4) is 0 Å². The van der Waals surface area contributed by atoms with Gasteiger partial charge in [-0.1, -0.05) is 19.3 Å². The second-order valence-electron chi connectivity index (χ2n) is 5.39. The first-order chi connectivity index (χ1) is 9.94. The van der Waals surface area contributed by atoms with Crippen molar-refractivity contribution in [1.29, 1.82) is 0 Å². The van der Waals surface area contributed by atoms with Gasteiger partial charge in [0.1, 0.15) is 5.82 Å². The van der Waals surface area contributed by atoms with Crippen molar-refractivity contribution in [3.8, 4) is 0 Å². The lowest BCUT2D eigenvalue weighted by Crippen LogP contribution is -2.42. The fourth-order valence-electron chi connectivity index (χ4n) is 2.57. The van der Waals surface area contributed by atoms with Crippen LogP contribution in [0.5, 0.6) is 0 Å². The number of halogens is 1. The molecule has 0 radical (unpaired) electrons. The smallest absolute Gasteiger partial charge is 0.240 e. The van der Waals surface area contributed by atoms with Crippen molar-refractivity contribution >= 4 is 10.0 Å². The molecule has 7 heteroatoms. The van der Waals surface area contributed by atoms with Gasteiger partial charge in [0.25, 0.3) is 0 Å². The molecule has 1 aromatic carbocycles. The molecule has 0 amide bonds. The number of nitrogens with two attached hydrogens (primary N) is 1. The Hall–Kier alpha value is -1.02. The average Bonchev–Trinajstić information content (AvgIpc) is 2.64. The van der Waals surface area contributed by atoms with Crippen molar-refractivity contribution in [3.05, 3.63) is 29.6 Å². The molecular weight excluding hydrogens is 295 g/mol. The molecule has 0 bridgehead atoms. The number of nitrogens with one attached hydrogen (secondary N) is 1. The zero-order valence-electron chi connectivity index (χ0n) is 11.8. The predicted molar refractivity (Wildman–Crippen MR) is 77.5 cm³/mol. The second-order valence-corrected chi connectivity index (χ2v) is 7.10. The molecule has 0 aromatic heterocycles. The summed E-state index contributed by atoms with van der Waals surface area (Å²) in [4.78, 5) is -0.0270. The van der Waals surface area contributed by atoms with Crippen molar-refractivity contribution in [3.63, 3.8) is 0 Å². The van der Waals surface area contributed by atoms with Crippen LogP contribution in [0.4, 0.5) is 4.39 Å². The van der Waals surface area contributed by atoms with Crippen molar-refractivity contribution in [1.82, 2.24) is 4.72 Å². The largest absolute Gasteiger partial charge is 0.391 e. The maximum absolute atomic E-state index is 13.4. The minimum absolute atomic E-state index is 0.0270. The van der Waals surface area contributed by atoms with E-state index in [0.717, 1.165) is 25.3 Å². The number of hydrogen-bond acceptors (Lipinski definition) is 4. The van der Waals surface area contributed by atoms with E-state index < -0.39 is 28.0 Å². The topological polar surface area (TPSA) is 92.4 Å². The Bertz CT molecular complexity index is 592. The SMILES string of the molecule is NCc1cc(S(=O)(=O)NC2CCCCCC2O)ccc1F. The molecule has 0 aliphatic heterocycles. The second kappa shape index (κ2) is 6.83. The molecule has 2 rings (SSSR count). The summed E-state index contributed by atoms with van der Waals surface area (Å²) in [6.45, 7) is -0.0682. The van der Waals surface area contributed by atoms with Crippen LogP contribution in [0, 0.1) is 5.82 Å². The lowest BCUT2D eigenvalue weighted by atomic mass is 10.1. The van der Waals surface area contributed by atoms with Crippen molar-refractivity contribution in [2.75, 3.05) is 0 Å². The zero-order chi connectivity index (χ0) is 15.5. The van der Waals surface area contributed by atoms with Gasteiger partial charge in [0.15, 0.2) is 0 Å². The van der Waals surface area contributed by atoms with E-state index in [-0.39, 0.29) is 17.0 Å². The summed E-state index contributed by atoms with van der Waals surface area (Å²) in [7, 11) is -3.79.